The zero-order valence-electron chi connectivity index (χ0n) is 30.7. The summed E-state index contributed by atoms with van der Waals surface area (Å²) in [6.07, 6.45) is 6.03. The number of carbonyl (C=O) groups excluding carboxylic acids is 1. The Bertz CT molecular complexity index is 2640. The highest BCUT2D eigenvalue weighted by molar-refractivity contribution is 6.55. The van der Waals surface area contributed by atoms with Crippen molar-refractivity contribution >= 4 is 68.6 Å². The second kappa shape index (κ2) is 14.4. The summed E-state index contributed by atoms with van der Waals surface area (Å²) < 4.78 is 30.8. The Morgan fingerprint density at radius 1 is 1.16 bits per heavy atom. The Morgan fingerprint density at radius 2 is 1.98 bits per heavy atom. The van der Waals surface area contributed by atoms with Gasteiger partial charge in [-0.3, -0.25) is 33.7 Å². The van der Waals surface area contributed by atoms with Crippen LogP contribution in [-0.2, 0) is 16.3 Å². The molecule has 1 saturated carbocycles. The average molecular weight is 802 g/mol. The molecule has 2 atom stereocenters. The Hall–Kier alpha value is -5.69. The number of carbonyl (C=O) groups is 2. The first-order valence-electron chi connectivity index (χ1n) is 18.6. The third kappa shape index (κ3) is 6.32. The van der Waals surface area contributed by atoms with Gasteiger partial charge in [0.25, 0.3) is 11.5 Å². The number of nitrogens with one attached hydrogen (secondary N) is 1. The highest BCUT2D eigenvalue weighted by atomic mass is 35.5. The maximum Gasteiger partial charge on any atom is 0.341 e. The van der Waals surface area contributed by atoms with Gasteiger partial charge in [0, 0.05) is 48.5 Å². The summed E-state index contributed by atoms with van der Waals surface area (Å²) in [4.78, 5) is 74.0. The third-order valence-corrected chi connectivity index (χ3v) is 11.4. The number of amides is 1. The molecule has 5 aromatic rings. The monoisotopic (exact) mass is 801 g/mol. The van der Waals surface area contributed by atoms with Crippen LogP contribution in [0.25, 0.3) is 22.1 Å². The highest BCUT2D eigenvalue weighted by Crippen LogP contribution is 2.46. The normalized spacial score (nSPS) is 20.3. The van der Waals surface area contributed by atoms with Gasteiger partial charge < -0.3 is 29.2 Å². The molecular formula is C38H37ClFN9O8. The summed E-state index contributed by atoms with van der Waals surface area (Å²) in [6, 6.07) is 6.09. The average Bonchev–Trinajstić information content (AvgIpc) is 3.73. The zero-order valence-corrected chi connectivity index (χ0v) is 31.4. The fourth-order valence-corrected chi connectivity index (χ4v) is 8.67. The molecular weight excluding hydrogens is 765 g/mol. The minimum absolute atomic E-state index is 0.0143. The smallest absolute Gasteiger partial charge is 0.341 e. The molecule has 9 rings (SSSR count). The number of aliphatic hydroxyl groups is 1. The second-order valence-electron chi connectivity index (χ2n) is 14.7. The predicted molar refractivity (Wildman–Crippen MR) is 207 cm³/mol. The van der Waals surface area contributed by atoms with Crippen LogP contribution in [0.4, 0.5) is 21.7 Å². The molecule has 2 saturated heterocycles. The number of aliphatic imine (C=N–C) groups is 1. The number of piperidine rings is 1. The number of imidazole rings is 1. The molecule has 2 aromatic carbocycles. The van der Waals surface area contributed by atoms with Crippen molar-refractivity contribution in [2.24, 2.45) is 10.9 Å². The molecule has 57 heavy (non-hydrogen) atoms. The van der Waals surface area contributed by atoms with Crippen molar-refractivity contribution in [3.8, 4) is 5.75 Å². The van der Waals surface area contributed by atoms with Gasteiger partial charge in [0.2, 0.25) is 11.4 Å². The van der Waals surface area contributed by atoms with E-state index in [4.69, 9.17) is 26.2 Å². The van der Waals surface area contributed by atoms with E-state index in [1.807, 2.05) is 4.90 Å². The van der Waals surface area contributed by atoms with Crippen LogP contribution in [0.5, 0.6) is 5.75 Å². The fourth-order valence-electron chi connectivity index (χ4n) is 8.50. The molecule has 3 aliphatic heterocycles. The maximum atomic E-state index is 16.3. The standard InChI is InChI=1S/C38H37ClFN9O8/c1-56-33-30-23(32(51)24(37(54)55)14-48(30)21-5-6-21)12-25(40)31(33)46-13-19-3-2-8-45(27(19)15-46)17-49-26-7-4-20(39)11-22(26)28(36(49)53)42-38-43-34-29(35(52)44-38)41-16-47(34)18-57-10-9-50/h4,7,11-12,14,16,19,21,27,50H,2-3,5-6,8-10,13,15,17-18H2,1H3,(H,54,55)(H,43,44,52). The number of aromatic nitrogens is 5. The lowest BCUT2D eigenvalue weighted by atomic mass is 9.92. The van der Waals surface area contributed by atoms with Crippen LogP contribution < -0.4 is 25.5 Å². The number of hydrogen-bond acceptors (Lipinski definition) is 12. The van der Waals surface area contributed by atoms with E-state index in [1.165, 1.54) is 24.2 Å². The van der Waals surface area contributed by atoms with E-state index in [2.05, 4.69) is 24.8 Å². The number of carboxylic acids is 1. The number of ether oxygens (including phenoxy) is 2. The summed E-state index contributed by atoms with van der Waals surface area (Å²) in [7, 11) is 1.42. The Kier molecular flexibility index (Phi) is 9.30. The summed E-state index contributed by atoms with van der Waals surface area (Å²) >= 11 is 6.43. The number of hydrogen-bond donors (Lipinski definition) is 3. The molecule has 1 amide bonds. The van der Waals surface area contributed by atoms with E-state index in [9.17, 15) is 24.3 Å². The van der Waals surface area contributed by atoms with Gasteiger partial charge in [0.05, 0.1) is 49.9 Å². The molecule has 296 valence electrons. The van der Waals surface area contributed by atoms with Crippen LogP contribution in [0.3, 0.4) is 0 Å². The Labute approximate surface area is 327 Å². The SMILES string of the molecule is COc1c(N2CC3CCCN(CN4C(=O)C(=Nc5nc6c(ncn6COCCO)c(=O)[nH]5)c5cc(Cl)ccc54)C3C2)c(F)cc2c(=O)c(C(=O)O)cn(C3CC3)c12. The van der Waals surface area contributed by atoms with Gasteiger partial charge in [-0.15, -0.1) is 0 Å². The van der Waals surface area contributed by atoms with E-state index in [1.54, 1.807) is 27.7 Å². The summed E-state index contributed by atoms with van der Waals surface area (Å²) in [5, 5.41) is 19.2. The number of fused-ring (bicyclic) bond motifs is 4. The number of aromatic carboxylic acids is 1. The quantitative estimate of drug-likeness (QED) is 0.165. The van der Waals surface area contributed by atoms with Gasteiger partial charge in [-0.05, 0) is 55.9 Å². The highest BCUT2D eigenvalue weighted by Gasteiger charge is 2.44. The lowest BCUT2D eigenvalue weighted by Crippen LogP contribution is -2.51. The van der Waals surface area contributed by atoms with Crippen LogP contribution in [0, 0.1) is 11.7 Å². The van der Waals surface area contributed by atoms with Crippen LogP contribution in [-0.4, -0.2) is 109 Å². The van der Waals surface area contributed by atoms with Gasteiger partial charge >= 0.3 is 5.97 Å². The molecule has 0 bridgehead atoms. The molecule has 6 heterocycles. The van der Waals surface area contributed by atoms with Gasteiger partial charge in [0.1, 0.15) is 23.7 Å². The van der Waals surface area contributed by atoms with Crippen LogP contribution >= 0.6 is 11.6 Å². The number of likely N-dealkylation sites (tertiary alicyclic amines) is 1. The van der Waals surface area contributed by atoms with Crippen molar-refractivity contribution in [1.82, 2.24) is 29.0 Å². The van der Waals surface area contributed by atoms with E-state index < -0.39 is 34.2 Å². The number of H-pyrrole nitrogens is 1. The first kappa shape index (κ1) is 36.9. The molecule has 0 spiro atoms. The number of anilines is 2. The number of carboxylic acid groups (broad SMARTS) is 1. The molecule has 17 nitrogen and oxygen atoms in total. The second-order valence-corrected chi connectivity index (χ2v) is 15.1. The lowest BCUT2D eigenvalue weighted by molar-refractivity contribution is -0.112. The van der Waals surface area contributed by atoms with Crippen LogP contribution in [0.15, 0.2) is 51.4 Å². The van der Waals surface area contributed by atoms with Gasteiger partial charge in [0.15, 0.2) is 22.7 Å². The number of halogens is 2. The first-order valence-corrected chi connectivity index (χ1v) is 19.0. The minimum atomic E-state index is -1.37. The van der Waals surface area contributed by atoms with E-state index in [0.717, 1.165) is 31.7 Å². The number of methoxy groups -OCH3 is 1. The van der Waals surface area contributed by atoms with Crippen molar-refractivity contribution in [3.63, 3.8) is 0 Å². The maximum absolute atomic E-state index is 16.3. The van der Waals surface area contributed by atoms with E-state index in [0.29, 0.717) is 41.4 Å². The number of nitrogens with zero attached hydrogens (tertiary/aromatic N) is 8. The lowest BCUT2D eigenvalue weighted by Gasteiger charge is -2.39. The fraction of sp³-hybridized carbons (Fsp3) is 0.395. The van der Waals surface area contributed by atoms with Gasteiger partial charge in [-0.1, -0.05) is 11.6 Å². The molecule has 1 aliphatic carbocycles. The Balaban J connectivity index is 1.03. The molecule has 3 fully saturated rings. The summed E-state index contributed by atoms with van der Waals surface area (Å²) in [5.41, 5.74) is 0.171. The number of pyridine rings is 1. The minimum Gasteiger partial charge on any atom is -0.492 e. The van der Waals surface area contributed by atoms with Gasteiger partial charge in [-0.2, -0.15) is 4.98 Å². The van der Waals surface area contributed by atoms with Crippen molar-refractivity contribution in [1.29, 1.82) is 0 Å². The van der Waals surface area contributed by atoms with Crippen molar-refractivity contribution in [2.45, 2.75) is 44.5 Å². The molecule has 2 unspecified atom stereocenters. The molecule has 3 N–H and O–H groups in total. The van der Waals surface area contributed by atoms with Crippen molar-refractivity contribution < 1.29 is 33.7 Å². The first-order chi connectivity index (χ1) is 27.6. The van der Waals surface area contributed by atoms with Crippen LogP contribution in [0.1, 0.15) is 47.6 Å². The molecule has 19 heteroatoms. The Morgan fingerprint density at radius 3 is 2.74 bits per heavy atom. The van der Waals surface area contributed by atoms with Crippen LogP contribution in [0.2, 0.25) is 5.02 Å². The van der Waals surface area contributed by atoms with Crippen molar-refractivity contribution in [3.05, 3.63) is 79.3 Å². The number of rotatable bonds is 11. The number of benzene rings is 2. The molecule has 3 aromatic heterocycles. The number of aromatic amines is 1. The summed E-state index contributed by atoms with van der Waals surface area (Å²) in [6.45, 7) is 1.63. The van der Waals surface area contributed by atoms with E-state index >= 15 is 4.39 Å². The summed E-state index contributed by atoms with van der Waals surface area (Å²) in [5.74, 6) is -2.30. The largest absolute Gasteiger partial charge is 0.492 e. The predicted octanol–water partition coefficient (Wildman–Crippen LogP) is 3.26. The van der Waals surface area contributed by atoms with Crippen molar-refractivity contribution in [2.75, 3.05) is 56.4 Å². The zero-order chi connectivity index (χ0) is 39.7. The molecule has 0 radical (unpaired) electrons. The van der Waals surface area contributed by atoms with E-state index in [-0.39, 0.29) is 84.3 Å². The third-order valence-electron chi connectivity index (χ3n) is 11.2. The molecule has 4 aliphatic rings. The number of aliphatic hydroxyl groups excluding tert-OH is 1. The topological polar surface area (TPSA) is 201 Å². The van der Waals surface area contributed by atoms with Gasteiger partial charge in [-0.25, -0.2) is 19.2 Å².